The van der Waals surface area contributed by atoms with Gasteiger partial charge in [0.25, 0.3) is 0 Å². The van der Waals surface area contributed by atoms with E-state index in [9.17, 15) is 0 Å². The average molecular weight is 251 g/mol. The van der Waals surface area contributed by atoms with E-state index in [2.05, 4.69) is 38.9 Å². The number of unbranched alkanes of at least 4 members (excludes halogenated alkanes) is 2. The maximum atomic E-state index is 5.58. The molecule has 0 aromatic carbocycles. The van der Waals surface area contributed by atoms with E-state index in [0.29, 0.717) is 0 Å². The molecule has 2 heteroatoms. The van der Waals surface area contributed by atoms with Gasteiger partial charge in [-0.05, 0) is 19.8 Å². The third-order valence-electron chi connectivity index (χ3n) is 3.96. The summed E-state index contributed by atoms with van der Waals surface area (Å²) in [7, 11) is 1.78. The number of methoxy groups -OCH3 is 1. The molecule has 1 rings (SSSR count). The van der Waals surface area contributed by atoms with Crippen molar-refractivity contribution in [2.45, 2.75) is 71.6 Å². The molecule has 0 bridgehead atoms. The fourth-order valence-electron chi connectivity index (χ4n) is 2.91. The first-order valence-electron chi connectivity index (χ1n) is 7.31. The first-order chi connectivity index (χ1) is 8.59. The number of hydrogen-bond acceptors (Lipinski definition) is 1. The number of hydrogen-bond donors (Lipinski definition) is 1. The second-order valence-corrected chi connectivity index (χ2v) is 5.65. The SMILES string of the molecule is CCCCCC(C)(CCC)c1[nH]cc(C)c1OC. The van der Waals surface area contributed by atoms with Gasteiger partial charge in [0.05, 0.1) is 12.8 Å². The van der Waals surface area contributed by atoms with Gasteiger partial charge in [-0.2, -0.15) is 0 Å². The Morgan fingerprint density at radius 1 is 1.17 bits per heavy atom. The third kappa shape index (κ3) is 3.30. The number of nitrogens with one attached hydrogen (secondary N) is 1. The summed E-state index contributed by atoms with van der Waals surface area (Å²) >= 11 is 0. The monoisotopic (exact) mass is 251 g/mol. The van der Waals surface area contributed by atoms with Gasteiger partial charge in [0.2, 0.25) is 0 Å². The zero-order valence-corrected chi connectivity index (χ0v) is 12.7. The van der Waals surface area contributed by atoms with Crippen LogP contribution >= 0.6 is 0 Å². The van der Waals surface area contributed by atoms with Gasteiger partial charge in [-0.3, -0.25) is 0 Å². The van der Waals surface area contributed by atoms with Gasteiger partial charge < -0.3 is 9.72 Å². The standard InChI is InChI=1S/C16H29NO/c1-6-8-9-11-16(4,10-7-2)15-14(18-5)13(3)12-17-15/h12,17H,6-11H2,1-5H3. The molecule has 18 heavy (non-hydrogen) atoms. The van der Waals surface area contributed by atoms with Crippen molar-refractivity contribution >= 4 is 0 Å². The Labute approximate surface area is 112 Å². The molecular weight excluding hydrogens is 222 g/mol. The highest BCUT2D eigenvalue weighted by molar-refractivity contribution is 5.41. The number of aromatic nitrogens is 1. The van der Waals surface area contributed by atoms with Crippen molar-refractivity contribution in [1.29, 1.82) is 0 Å². The molecule has 1 aromatic rings. The largest absolute Gasteiger partial charge is 0.495 e. The van der Waals surface area contributed by atoms with Gasteiger partial charge in [-0.1, -0.05) is 46.5 Å². The Morgan fingerprint density at radius 3 is 2.44 bits per heavy atom. The molecule has 0 aliphatic carbocycles. The number of ether oxygens (including phenoxy) is 1. The minimum atomic E-state index is 0.226. The normalized spacial score (nSPS) is 14.5. The number of aromatic amines is 1. The molecule has 1 unspecified atom stereocenters. The predicted octanol–water partition coefficient (Wildman–Crippen LogP) is 4.97. The predicted molar refractivity (Wildman–Crippen MR) is 78.5 cm³/mol. The molecule has 0 fully saturated rings. The van der Waals surface area contributed by atoms with E-state index in [1.807, 2.05) is 0 Å². The highest BCUT2D eigenvalue weighted by Crippen LogP contribution is 2.40. The molecule has 1 aromatic heterocycles. The van der Waals surface area contributed by atoms with Gasteiger partial charge in [-0.15, -0.1) is 0 Å². The maximum absolute atomic E-state index is 5.58. The molecule has 0 aliphatic heterocycles. The van der Waals surface area contributed by atoms with Crippen LogP contribution in [0.25, 0.3) is 0 Å². The van der Waals surface area contributed by atoms with E-state index < -0.39 is 0 Å². The molecule has 0 aliphatic rings. The highest BCUT2D eigenvalue weighted by Gasteiger charge is 2.30. The topological polar surface area (TPSA) is 25.0 Å². The molecular formula is C16H29NO. The average Bonchev–Trinajstić information content (AvgIpc) is 2.71. The number of rotatable bonds is 8. The summed E-state index contributed by atoms with van der Waals surface area (Å²) < 4.78 is 5.58. The van der Waals surface area contributed by atoms with Crippen molar-refractivity contribution < 1.29 is 4.74 Å². The lowest BCUT2D eigenvalue weighted by Crippen LogP contribution is -2.23. The molecule has 2 nitrogen and oxygen atoms in total. The van der Waals surface area contributed by atoms with Crippen molar-refractivity contribution in [2.24, 2.45) is 0 Å². The number of aryl methyl sites for hydroxylation is 1. The minimum Gasteiger partial charge on any atom is -0.495 e. The third-order valence-corrected chi connectivity index (χ3v) is 3.96. The van der Waals surface area contributed by atoms with E-state index in [4.69, 9.17) is 4.74 Å². The fourth-order valence-corrected chi connectivity index (χ4v) is 2.91. The molecule has 0 spiro atoms. The van der Waals surface area contributed by atoms with Gasteiger partial charge in [-0.25, -0.2) is 0 Å². The lowest BCUT2D eigenvalue weighted by molar-refractivity contribution is 0.340. The Balaban J connectivity index is 2.94. The van der Waals surface area contributed by atoms with Crippen LogP contribution in [0.5, 0.6) is 5.75 Å². The molecule has 0 amide bonds. The second-order valence-electron chi connectivity index (χ2n) is 5.65. The van der Waals surface area contributed by atoms with Crippen LogP contribution in [0.4, 0.5) is 0 Å². The Morgan fingerprint density at radius 2 is 1.89 bits per heavy atom. The quantitative estimate of drug-likeness (QED) is 0.648. The van der Waals surface area contributed by atoms with Crippen LogP contribution in [0.1, 0.15) is 70.6 Å². The van der Waals surface area contributed by atoms with E-state index in [1.165, 1.54) is 49.8 Å². The molecule has 104 valence electrons. The first kappa shape index (κ1) is 15.1. The smallest absolute Gasteiger partial charge is 0.142 e. The molecule has 0 radical (unpaired) electrons. The number of H-pyrrole nitrogens is 1. The van der Waals surface area contributed by atoms with Gasteiger partial charge in [0.15, 0.2) is 0 Å². The van der Waals surface area contributed by atoms with Gasteiger partial charge >= 0.3 is 0 Å². The minimum absolute atomic E-state index is 0.226. The summed E-state index contributed by atoms with van der Waals surface area (Å²) in [6.45, 7) is 9.01. The highest BCUT2D eigenvalue weighted by atomic mass is 16.5. The Hall–Kier alpha value is -0.920. The van der Waals surface area contributed by atoms with E-state index in [-0.39, 0.29) is 5.41 Å². The zero-order chi connectivity index (χ0) is 13.6. The summed E-state index contributed by atoms with van der Waals surface area (Å²) in [5, 5.41) is 0. The van der Waals surface area contributed by atoms with E-state index >= 15 is 0 Å². The van der Waals surface area contributed by atoms with Crippen molar-refractivity contribution in [3.63, 3.8) is 0 Å². The fraction of sp³-hybridized carbons (Fsp3) is 0.750. The van der Waals surface area contributed by atoms with Crippen LogP contribution in [-0.2, 0) is 5.41 Å². The van der Waals surface area contributed by atoms with Crippen molar-refractivity contribution in [3.8, 4) is 5.75 Å². The molecule has 0 saturated carbocycles. The van der Waals surface area contributed by atoms with E-state index in [1.54, 1.807) is 7.11 Å². The Bertz CT molecular complexity index is 356. The van der Waals surface area contributed by atoms with Crippen molar-refractivity contribution in [3.05, 3.63) is 17.5 Å². The molecule has 1 N–H and O–H groups in total. The maximum Gasteiger partial charge on any atom is 0.142 e. The van der Waals surface area contributed by atoms with Crippen LogP contribution < -0.4 is 4.74 Å². The van der Waals surface area contributed by atoms with Crippen LogP contribution in [0.3, 0.4) is 0 Å². The molecule has 1 atom stereocenters. The summed E-state index contributed by atoms with van der Waals surface area (Å²) in [4.78, 5) is 3.45. The van der Waals surface area contributed by atoms with Crippen molar-refractivity contribution in [2.75, 3.05) is 7.11 Å². The van der Waals surface area contributed by atoms with Gasteiger partial charge in [0, 0.05) is 17.2 Å². The molecule has 0 saturated heterocycles. The summed E-state index contributed by atoms with van der Waals surface area (Å²) in [6, 6.07) is 0. The summed E-state index contributed by atoms with van der Waals surface area (Å²) in [5.41, 5.74) is 2.73. The van der Waals surface area contributed by atoms with Gasteiger partial charge in [0.1, 0.15) is 5.75 Å². The molecule has 1 heterocycles. The van der Waals surface area contributed by atoms with Crippen molar-refractivity contribution in [1.82, 2.24) is 4.98 Å². The van der Waals surface area contributed by atoms with Crippen LogP contribution in [0.15, 0.2) is 6.20 Å². The Kier molecular flexibility index (Phi) is 5.77. The second kappa shape index (κ2) is 6.86. The lowest BCUT2D eigenvalue weighted by atomic mass is 9.77. The zero-order valence-electron chi connectivity index (χ0n) is 12.7. The van der Waals surface area contributed by atoms with Crippen LogP contribution in [0.2, 0.25) is 0 Å². The van der Waals surface area contributed by atoms with Crippen LogP contribution in [0, 0.1) is 6.92 Å². The van der Waals surface area contributed by atoms with E-state index in [0.717, 1.165) is 5.75 Å². The lowest BCUT2D eigenvalue weighted by Gasteiger charge is -2.29. The first-order valence-corrected chi connectivity index (χ1v) is 7.31. The van der Waals surface area contributed by atoms with Crippen LogP contribution in [-0.4, -0.2) is 12.1 Å². The summed E-state index contributed by atoms with van der Waals surface area (Å²) in [6.07, 6.45) is 9.64. The summed E-state index contributed by atoms with van der Waals surface area (Å²) in [5.74, 6) is 1.06.